The lowest BCUT2D eigenvalue weighted by Gasteiger charge is -2.16. The maximum Gasteiger partial charge on any atom is 0.254 e. The summed E-state index contributed by atoms with van der Waals surface area (Å²) in [6, 6.07) is 1.89. The monoisotopic (exact) mass is 251 g/mol. The van der Waals surface area contributed by atoms with E-state index in [1.807, 2.05) is 21.7 Å². The van der Waals surface area contributed by atoms with Crippen molar-refractivity contribution in [2.24, 2.45) is 5.92 Å². The van der Waals surface area contributed by atoms with Crippen LogP contribution < -0.4 is 0 Å². The molecule has 17 heavy (non-hydrogen) atoms. The predicted octanol–water partition coefficient (Wildman–Crippen LogP) is 2.39. The van der Waals surface area contributed by atoms with Crippen molar-refractivity contribution in [3.05, 3.63) is 22.4 Å². The van der Waals surface area contributed by atoms with Gasteiger partial charge < -0.3 is 9.64 Å². The largest absolute Gasteiger partial charge is 0.376 e. The van der Waals surface area contributed by atoms with Crippen LogP contribution in [0.4, 0.5) is 0 Å². The molecule has 1 saturated carbocycles. The first-order valence-electron chi connectivity index (χ1n) is 6.26. The average Bonchev–Trinajstić information content (AvgIpc) is 2.86. The van der Waals surface area contributed by atoms with E-state index >= 15 is 0 Å². The first-order chi connectivity index (χ1) is 8.33. The number of nitrogens with zero attached hydrogens (tertiary/aromatic N) is 1. The van der Waals surface area contributed by atoms with Gasteiger partial charge in [-0.1, -0.05) is 0 Å². The summed E-state index contributed by atoms with van der Waals surface area (Å²) in [7, 11) is 0. The summed E-state index contributed by atoms with van der Waals surface area (Å²) >= 11 is 1.57. The van der Waals surface area contributed by atoms with Crippen molar-refractivity contribution >= 4 is 17.2 Å². The van der Waals surface area contributed by atoms with Crippen molar-refractivity contribution in [3.8, 4) is 0 Å². The molecular weight excluding hydrogens is 234 g/mol. The van der Waals surface area contributed by atoms with E-state index in [-0.39, 0.29) is 12.0 Å². The molecule has 1 saturated heterocycles. The van der Waals surface area contributed by atoms with E-state index in [2.05, 4.69) is 0 Å². The van der Waals surface area contributed by atoms with Gasteiger partial charge in [0.2, 0.25) is 0 Å². The molecule has 2 aliphatic rings. The molecule has 92 valence electrons. The average molecular weight is 251 g/mol. The number of ether oxygens (including phenoxy) is 1. The summed E-state index contributed by atoms with van der Waals surface area (Å²) < 4.78 is 5.83. The molecule has 0 aromatic carbocycles. The zero-order chi connectivity index (χ0) is 11.7. The van der Waals surface area contributed by atoms with Crippen LogP contribution in [0.25, 0.3) is 0 Å². The zero-order valence-corrected chi connectivity index (χ0v) is 10.6. The SMILES string of the molecule is O=C(c1ccsc1)N1CCC(OCC2CC2)C1. The summed E-state index contributed by atoms with van der Waals surface area (Å²) in [6.07, 6.45) is 3.90. The molecular formula is C13H17NO2S. The van der Waals surface area contributed by atoms with Crippen LogP contribution >= 0.6 is 11.3 Å². The highest BCUT2D eigenvalue weighted by Gasteiger charge is 2.29. The summed E-state index contributed by atoms with van der Waals surface area (Å²) in [4.78, 5) is 14.0. The van der Waals surface area contributed by atoms with Crippen molar-refractivity contribution in [2.75, 3.05) is 19.7 Å². The van der Waals surface area contributed by atoms with Gasteiger partial charge in [-0.25, -0.2) is 0 Å². The molecule has 1 aromatic heterocycles. The van der Waals surface area contributed by atoms with Gasteiger partial charge in [0, 0.05) is 25.1 Å². The van der Waals surface area contributed by atoms with Crippen molar-refractivity contribution in [1.82, 2.24) is 4.90 Å². The number of rotatable bonds is 4. The molecule has 1 atom stereocenters. The third-order valence-corrected chi connectivity index (χ3v) is 4.15. The molecule has 0 radical (unpaired) electrons. The van der Waals surface area contributed by atoms with E-state index in [4.69, 9.17) is 4.74 Å². The highest BCUT2D eigenvalue weighted by molar-refractivity contribution is 7.08. The highest BCUT2D eigenvalue weighted by atomic mass is 32.1. The molecule has 3 rings (SSSR count). The lowest BCUT2D eigenvalue weighted by atomic mass is 10.3. The molecule has 3 nitrogen and oxygen atoms in total. The van der Waals surface area contributed by atoms with Crippen LogP contribution in [0.2, 0.25) is 0 Å². The van der Waals surface area contributed by atoms with Gasteiger partial charge in [-0.15, -0.1) is 0 Å². The number of carbonyl (C=O) groups is 1. The predicted molar refractivity (Wildman–Crippen MR) is 67.3 cm³/mol. The molecule has 4 heteroatoms. The minimum atomic E-state index is 0.156. The fraction of sp³-hybridized carbons (Fsp3) is 0.615. The van der Waals surface area contributed by atoms with Crippen LogP contribution in [0, 0.1) is 5.92 Å². The van der Waals surface area contributed by atoms with Crippen LogP contribution in [-0.2, 0) is 4.74 Å². The molecule has 0 N–H and O–H groups in total. The van der Waals surface area contributed by atoms with E-state index in [9.17, 15) is 4.79 Å². The lowest BCUT2D eigenvalue weighted by Crippen LogP contribution is -2.30. The first kappa shape index (κ1) is 11.2. The van der Waals surface area contributed by atoms with Crippen molar-refractivity contribution in [2.45, 2.75) is 25.4 Å². The normalized spacial score (nSPS) is 24.2. The van der Waals surface area contributed by atoms with Crippen LogP contribution in [0.1, 0.15) is 29.6 Å². The number of thiophene rings is 1. The maximum atomic E-state index is 12.1. The summed E-state index contributed by atoms with van der Waals surface area (Å²) in [5.74, 6) is 0.959. The summed E-state index contributed by atoms with van der Waals surface area (Å²) in [5.41, 5.74) is 0.817. The minimum Gasteiger partial charge on any atom is -0.376 e. The lowest BCUT2D eigenvalue weighted by molar-refractivity contribution is 0.0481. The Hall–Kier alpha value is -0.870. The topological polar surface area (TPSA) is 29.5 Å². The number of carbonyl (C=O) groups excluding carboxylic acids is 1. The quantitative estimate of drug-likeness (QED) is 0.822. The second-order valence-corrected chi connectivity index (χ2v) is 5.73. The summed E-state index contributed by atoms with van der Waals surface area (Å²) in [6.45, 7) is 2.50. The number of amides is 1. The third kappa shape index (κ3) is 2.69. The van der Waals surface area contributed by atoms with Crippen LogP contribution in [0.15, 0.2) is 16.8 Å². The molecule has 0 spiro atoms. The Bertz CT molecular complexity index is 386. The smallest absolute Gasteiger partial charge is 0.254 e. The van der Waals surface area contributed by atoms with Gasteiger partial charge in [-0.05, 0) is 36.6 Å². The number of hydrogen-bond donors (Lipinski definition) is 0. The van der Waals surface area contributed by atoms with E-state index in [1.54, 1.807) is 11.3 Å². The second kappa shape index (κ2) is 4.78. The van der Waals surface area contributed by atoms with Crippen molar-refractivity contribution in [3.63, 3.8) is 0 Å². The van der Waals surface area contributed by atoms with E-state index in [0.717, 1.165) is 37.6 Å². The molecule has 1 unspecified atom stereocenters. The zero-order valence-electron chi connectivity index (χ0n) is 9.80. The van der Waals surface area contributed by atoms with Crippen LogP contribution in [0.5, 0.6) is 0 Å². The second-order valence-electron chi connectivity index (χ2n) is 4.95. The fourth-order valence-electron chi connectivity index (χ4n) is 2.17. The Morgan fingerprint density at radius 3 is 3.06 bits per heavy atom. The van der Waals surface area contributed by atoms with Gasteiger partial charge in [0.25, 0.3) is 5.91 Å². The Balaban J connectivity index is 1.50. The third-order valence-electron chi connectivity index (χ3n) is 3.46. The molecule has 2 heterocycles. The van der Waals surface area contributed by atoms with Crippen molar-refractivity contribution < 1.29 is 9.53 Å². The number of likely N-dealkylation sites (tertiary alicyclic amines) is 1. The van der Waals surface area contributed by atoms with E-state index in [1.165, 1.54) is 12.8 Å². The molecule has 1 aliphatic carbocycles. The Labute approximate surface area is 105 Å². The van der Waals surface area contributed by atoms with Gasteiger partial charge in [0.05, 0.1) is 11.7 Å². The Morgan fingerprint density at radius 2 is 2.35 bits per heavy atom. The molecule has 0 bridgehead atoms. The molecule has 1 aromatic rings. The van der Waals surface area contributed by atoms with E-state index in [0.29, 0.717) is 0 Å². The standard InChI is InChI=1S/C13H17NO2S/c15-13(11-4-6-17-9-11)14-5-3-12(7-14)16-8-10-1-2-10/h4,6,9-10,12H,1-3,5,7-8H2. The van der Waals surface area contributed by atoms with Crippen LogP contribution in [-0.4, -0.2) is 36.6 Å². The van der Waals surface area contributed by atoms with Crippen molar-refractivity contribution in [1.29, 1.82) is 0 Å². The van der Waals surface area contributed by atoms with Gasteiger partial charge in [0.1, 0.15) is 0 Å². The van der Waals surface area contributed by atoms with Crippen LogP contribution in [0.3, 0.4) is 0 Å². The maximum absolute atomic E-state index is 12.1. The minimum absolute atomic E-state index is 0.156. The highest BCUT2D eigenvalue weighted by Crippen LogP contribution is 2.30. The Morgan fingerprint density at radius 1 is 1.47 bits per heavy atom. The molecule has 1 aliphatic heterocycles. The molecule has 2 fully saturated rings. The van der Waals surface area contributed by atoms with Gasteiger partial charge in [-0.2, -0.15) is 11.3 Å². The van der Waals surface area contributed by atoms with Gasteiger partial charge in [0.15, 0.2) is 0 Å². The number of hydrogen-bond acceptors (Lipinski definition) is 3. The fourth-order valence-corrected chi connectivity index (χ4v) is 2.80. The molecule has 1 amide bonds. The van der Waals surface area contributed by atoms with Gasteiger partial charge >= 0.3 is 0 Å². The van der Waals surface area contributed by atoms with E-state index < -0.39 is 0 Å². The summed E-state index contributed by atoms with van der Waals surface area (Å²) in [5, 5.41) is 3.87. The Kier molecular flexibility index (Phi) is 3.16. The van der Waals surface area contributed by atoms with Gasteiger partial charge in [-0.3, -0.25) is 4.79 Å². The first-order valence-corrected chi connectivity index (χ1v) is 7.20.